The molecule has 104 valence electrons. The Hall–Kier alpha value is -2.36. The third-order valence-electron chi connectivity index (χ3n) is 3.09. The Balaban J connectivity index is 2.02. The van der Waals surface area contributed by atoms with E-state index in [0.717, 1.165) is 16.8 Å². The molecule has 0 aliphatic carbocycles. The van der Waals surface area contributed by atoms with Gasteiger partial charge in [-0.2, -0.15) is 0 Å². The molecule has 2 aromatic carbocycles. The summed E-state index contributed by atoms with van der Waals surface area (Å²) in [6.45, 7) is 2.48. The van der Waals surface area contributed by atoms with Gasteiger partial charge in [0.05, 0.1) is 12.7 Å². The Morgan fingerprint density at radius 1 is 1.20 bits per heavy atom. The fourth-order valence-electron chi connectivity index (χ4n) is 1.90. The molecule has 20 heavy (non-hydrogen) atoms. The first-order valence-corrected chi connectivity index (χ1v) is 6.27. The van der Waals surface area contributed by atoms with Crippen molar-refractivity contribution >= 4 is 11.7 Å². The molecule has 1 N–H and O–H groups in total. The molecule has 0 atom stereocenters. The zero-order valence-electron chi connectivity index (χ0n) is 11.4. The largest absolute Gasteiger partial charge is 0.465 e. The lowest BCUT2D eigenvalue weighted by Crippen LogP contribution is -2.03. The first-order valence-electron chi connectivity index (χ1n) is 6.27. The molecule has 0 saturated carbocycles. The monoisotopic (exact) mass is 273 g/mol. The fraction of sp³-hybridized carbons (Fsp3) is 0.188. The number of ether oxygens (including phenoxy) is 1. The molecule has 4 heteroatoms. The van der Waals surface area contributed by atoms with E-state index in [9.17, 15) is 9.18 Å². The minimum absolute atomic E-state index is 0.228. The number of carbonyl (C=O) groups excluding carboxylic acids is 1. The van der Waals surface area contributed by atoms with E-state index >= 15 is 0 Å². The second-order valence-corrected chi connectivity index (χ2v) is 4.49. The SMILES string of the molecule is COC(=O)c1ccc(NCc2ccc(F)cc2C)cc1. The second-order valence-electron chi connectivity index (χ2n) is 4.49. The summed E-state index contributed by atoms with van der Waals surface area (Å²) in [7, 11) is 1.35. The first kappa shape index (κ1) is 14.1. The number of hydrogen-bond donors (Lipinski definition) is 1. The van der Waals surface area contributed by atoms with Crippen LogP contribution in [0, 0.1) is 12.7 Å². The van der Waals surface area contributed by atoms with Crippen molar-refractivity contribution in [2.24, 2.45) is 0 Å². The maximum atomic E-state index is 13.0. The van der Waals surface area contributed by atoms with Crippen molar-refractivity contribution in [2.75, 3.05) is 12.4 Å². The average Bonchev–Trinajstić information content (AvgIpc) is 2.46. The minimum atomic E-state index is -0.356. The summed E-state index contributed by atoms with van der Waals surface area (Å²) in [5.74, 6) is -0.584. The lowest BCUT2D eigenvalue weighted by Gasteiger charge is -2.09. The standard InChI is InChI=1S/C16H16FNO2/c1-11-9-14(17)6-3-13(11)10-18-15-7-4-12(5-8-15)16(19)20-2/h3-9,18H,10H2,1-2H3. The number of benzene rings is 2. The van der Waals surface area contributed by atoms with E-state index in [2.05, 4.69) is 10.1 Å². The number of aryl methyl sites for hydroxylation is 1. The van der Waals surface area contributed by atoms with E-state index in [0.29, 0.717) is 12.1 Å². The van der Waals surface area contributed by atoms with Gasteiger partial charge in [-0.1, -0.05) is 6.07 Å². The highest BCUT2D eigenvalue weighted by atomic mass is 19.1. The number of hydrogen-bond acceptors (Lipinski definition) is 3. The molecule has 2 aromatic rings. The highest BCUT2D eigenvalue weighted by molar-refractivity contribution is 5.89. The van der Waals surface area contributed by atoms with Crippen molar-refractivity contribution < 1.29 is 13.9 Å². The fourth-order valence-corrected chi connectivity index (χ4v) is 1.90. The summed E-state index contributed by atoms with van der Waals surface area (Å²) < 4.78 is 17.6. The van der Waals surface area contributed by atoms with E-state index < -0.39 is 0 Å². The van der Waals surface area contributed by atoms with Gasteiger partial charge in [0.1, 0.15) is 5.82 Å². The van der Waals surface area contributed by atoms with Crippen LogP contribution in [0.5, 0.6) is 0 Å². The van der Waals surface area contributed by atoms with E-state index in [1.165, 1.54) is 19.2 Å². The van der Waals surface area contributed by atoms with Gasteiger partial charge in [-0.25, -0.2) is 9.18 Å². The zero-order chi connectivity index (χ0) is 14.5. The summed E-state index contributed by atoms with van der Waals surface area (Å²) in [4.78, 5) is 11.3. The number of rotatable bonds is 4. The molecule has 0 spiro atoms. The van der Waals surface area contributed by atoms with Gasteiger partial charge in [0.15, 0.2) is 0 Å². The number of anilines is 1. The lowest BCUT2D eigenvalue weighted by atomic mass is 10.1. The predicted molar refractivity (Wildman–Crippen MR) is 76.2 cm³/mol. The Bertz CT molecular complexity index is 608. The van der Waals surface area contributed by atoms with Crippen molar-refractivity contribution in [3.63, 3.8) is 0 Å². The highest BCUT2D eigenvalue weighted by Crippen LogP contribution is 2.14. The van der Waals surface area contributed by atoms with Gasteiger partial charge >= 0.3 is 5.97 Å². The molecule has 0 radical (unpaired) electrons. The van der Waals surface area contributed by atoms with Crippen LogP contribution in [0.1, 0.15) is 21.5 Å². The van der Waals surface area contributed by atoms with Crippen molar-refractivity contribution in [2.45, 2.75) is 13.5 Å². The van der Waals surface area contributed by atoms with E-state index in [4.69, 9.17) is 0 Å². The van der Waals surface area contributed by atoms with Crippen molar-refractivity contribution in [3.05, 3.63) is 65.0 Å². The topological polar surface area (TPSA) is 38.3 Å². The normalized spacial score (nSPS) is 10.2. The zero-order valence-corrected chi connectivity index (χ0v) is 11.4. The maximum absolute atomic E-state index is 13.0. The van der Waals surface area contributed by atoms with Crippen LogP contribution in [-0.2, 0) is 11.3 Å². The molecule has 0 heterocycles. The first-order chi connectivity index (χ1) is 9.60. The van der Waals surface area contributed by atoms with Crippen LogP contribution in [0.4, 0.5) is 10.1 Å². The van der Waals surface area contributed by atoms with Crippen LogP contribution in [0.2, 0.25) is 0 Å². The van der Waals surface area contributed by atoms with Crippen LogP contribution < -0.4 is 5.32 Å². The Labute approximate surface area is 117 Å². The van der Waals surface area contributed by atoms with Gasteiger partial charge in [-0.3, -0.25) is 0 Å². The highest BCUT2D eigenvalue weighted by Gasteiger charge is 2.04. The quantitative estimate of drug-likeness (QED) is 0.866. The van der Waals surface area contributed by atoms with E-state index in [1.54, 1.807) is 18.2 Å². The Morgan fingerprint density at radius 2 is 1.90 bits per heavy atom. The van der Waals surface area contributed by atoms with Crippen LogP contribution >= 0.6 is 0 Å². The molecule has 3 nitrogen and oxygen atoms in total. The second kappa shape index (κ2) is 6.19. The summed E-state index contributed by atoms with van der Waals surface area (Å²) in [5, 5.41) is 3.23. The summed E-state index contributed by atoms with van der Waals surface area (Å²) in [5.41, 5.74) is 3.34. The number of esters is 1. The molecule has 0 fully saturated rings. The molecule has 0 aliphatic rings. The maximum Gasteiger partial charge on any atom is 0.337 e. The van der Waals surface area contributed by atoms with Gasteiger partial charge < -0.3 is 10.1 Å². The molecule has 0 bridgehead atoms. The molecule has 0 unspecified atom stereocenters. The van der Waals surface area contributed by atoms with Crippen LogP contribution in [0.15, 0.2) is 42.5 Å². The van der Waals surface area contributed by atoms with Gasteiger partial charge in [0, 0.05) is 12.2 Å². The number of methoxy groups -OCH3 is 1. The Kier molecular flexibility index (Phi) is 4.35. The summed E-state index contributed by atoms with van der Waals surface area (Å²) in [6, 6.07) is 11.7. The van der Waals surface area contributed by atoms with Crippen molar-refractivity contribution in [1.29, 1.82) is 0 Å². The van der Waals surface area contributed by atoms with Crippen LogP contribution in [-0.4, -0.2) is 13.1 Å². The number of carbonyl (C=O) groups is 1. The third-order valence-corrected chi connectivity index (χ3v) is 3.09. The van der Waals surface area contributed by atoms with Crippen molar-refractivity contribution in [1.82, 2.24) is 0 Å². The van der Waals surface area contributed by atoms with Gasteiger partial charge in [0.2, 0.25) is 0 Å². The molecule has 0 aliphatic heterocycles. The Morgan fingerprint density at radius 3 is 2.50 bits per heavy atom. The van der Waals surface area contributed by atoms with Crippen LogP contribution in [0.3, 0.4) is 0 Å². The number of halogens is 1. The summed E-state index contributed by atoms with van der Waals surface area (Å²) in [6.07, 6.45) is 0. The molecule has 0 aromatic heterocycles. The molecular weight excluding hydrogens is 257 g/mol. The lowest BCUT2D eigenvalue weighted by molar-refractivity contribution is 0.0601. The third kappa shape index (κ3) is 3.35. The van der Waals surface area contributed by atoms with Gasteiger partial charge in [-0.05, 0) is 54.4 Å². The predicted octanol–water partition coefficient (Wildman–Crippen LogP) is 3.53. The van der Waals surface area contributed by atoms with Gasteiger partial charge in [0.25, 0.3) is 0 Å². The minimum Gasteiger partial charge on any atom is -0.465 e. The number of nitrogens with one attached hydrogen (secondary N) is 1. The average molecular weight is 273 g/mol. The van der Waals surface area contributed by atoms with Crippen molar-refractivity contribution in [3.8, 4) is 0 Å². The summed E-state index contributed by atoms with van der Waals surface area (Å²) >= 11 is 0. The molecule has 0 saturated heterocycles. The van der Waals surface area contributed by atoms with Crippen LogP contribution in [0.25, 0.3) is 0 Å². The smallest absolute Gasteiger partial charge is 0.337 e. The van der Waals surface area contributed by atoms with E-state index in [-0.39, 0.29) is 11.8 Å². The van der Waals surface area contributed by atoms with E-state index in [1.807, 2.05) is 19.1 Å². The molecule has 2 rings (SSSR count). The van der Waals surface area contributed by atoms with Gasteiger partial charge in [-0.15, -0.1) is 0 Å². The molecular formula is C16H16FNO2. The molecule has 0 amide bonds.